The monoisotopic (exact) mass is 369 g/mol. The minimum Gasteiger partial charge on any atom is -0.321 e. The molecule has 0 spiro atoms. The third kappa shape index (κ3) is 3.25. The van der Waals surface area contributed by atoms with E-state index in [1.54, 1.807) is 18.5 Å². The van der Waals surface area contributed by atoms with E-state index in [2.05, 4.69) is 10.3 Å². The lowest BCUT2D eigenvalue weighted by Crippen LogP contribution is -2.13. The van der Waals surface area contributed by atoms with Gasteiger partial charge in [-0.15, -0.1) is 0 Å². The number of hydrogen-bond donors (Lipinski definition) is 1. The summed E-state index contributed by atoms with van der Waals surface area (Å²) in [7, 11) is 0. The molecular weight excluding hydrogens is 361 g/mol. The number of anilines is 1. The summed E-state index contributed by atoms with van der Waals surface area (Å²) in [6.07, 6.45) is 3.18. The van der Waals surface area contributed by atoms with E-state index >= 15 is 0 Å². The molecule has 1 heterocycles. The van der Waals surface area contributed by atoms with Gasteiger partial charge >= 0.3 is 0 Å². The molecule has 1 N–H and O–H groups in total. The summed E-state index contributed by atoms with van der Waals surface area (Å²) < 4.78 is 0.791. The molecule has 1 amide bonds. The number of rotatable bonds is 3. The van der Waals surface area contributed by atoms with Gasteiger partial charge in [0.15, 0.2) is 0 Å². The normalized spacial score (nSPS) is 9.95. The molecule has 0 aliphatic heterocycles. The molecule has 0 atom stereocenters. The lowest BCUT2D eigenvalue weighted by atomic mass is 10.2. The Hall–Kier alpha value is -2.03. The van der Waals surface area contributed by atoms with Gasteiger partial charge in [0.1, 0.15) is 0 Å². The summed E-state index contributed by atoms with van der Waals surface area (Å²) in [6, 6.07) is 7.24. The van der Waals surface area contributed by atoms with Gasteiger partial charge in [-0.25, -0.2) is 0 Å². The van der Waals surface area contributed by atoms with Gasteiger partial charge in [0.25, 0.3) is 11.6 Å². The maximum atomic E-state index is 12.0. The van der Waals surface area contributed by atoms with Crippen molar-refractivity contribution in [2.24, 2.45) is 0 Å². The smallest absolute Gasteiger partial charge is 0.270 e. The van der Waals surface area contributed by atoms with Gasteiger partial charge in [-0.1, -0.05) is 6.07 Å². The molecule has 2 rings (SSSR count). The lowest BCUT2D eigenvalue weighted by molar-refractivity contribution is -0.384. The van der Waals surface area contributed by atoms with Crippen LogP contribution in [-0.4, -0.2) is 15.8 Å². The minimum absolute atomic E-state index is 0.114. The summed E-state index contributed by atoms with van der Waals surface area (Å²) >= 11 is 2.04. The van der Waals surface area contributed by atoms with Crippen LogP contribution >= 0.6 is 22.6 Å². The van der Waals surface area contributed by atoms with E-state index in [0.29, 0.717) is 5.69 Å². The van der Waals surface area contributed by atoms with Crippen LogP contribution in [0.5, 0.6) is 0 Å². The molecule has 0 unspecified atom stereocenters. The number of pyridine rings is 1. The Labute approximate surface area is 122 Å². The van der Waals surface area contributed by atoms with Crippen molar-refractivity contribution in [2.75, 3.05) is 5.32 Å². The summed E-state index contributed by atoms with van der Waals surface area (Å²) in [5.41, 5.74) is 0.742. The van der Waals surface area contributed by atoms with E-state index in [9.17, 15) is 14.9 Å². The average molecular weight is 369 g/mol. The number of nitro benzene ring substituents is 1. The maximum absolute atomic E-state index is 12.0. The number of carbonyl (C=O) groups is 1. The zero-order chi connectivity index (χ0) is 13.8. The van der Waals surface area contributed by atoms with Gasteiger partial charge in [-0.2, -0.15) is 0 Å². The van der Waals surface area contributed by atoms with Crippen molar-refractivity contribution in [3.63, 3.8) is 0 Å². The molecule has 0 bridgehead atoms. The third-order valence-corrected chi connectivity index (χ3v) is 3.20. The summed E-state index contributed by atoms with van der Waals surface area (Å²) in [5.74, 6) is -0.396. The Balaban J connectivity index is 2.23. The highest BCUT2D eigenvalue weighted by Crippen LogP contribution is 2.18. The number of non-ortho nitro benzene ring substituents is 1. The fourth-order valence-corrected chi connectivity index (χ4v) is 1.91. The SMILES string of the molecule is O=C(Nc1ccncc1I)c1cccc([N+](=O)[O-])c1. The summed E-state index contributed by atoms with van der Waals surface area (Å²) in [4.78, 5) is 26.0. The second-order valence-corrected chi connectivity index (χ2v) is 4.78. The molecule has 7 heteroatoms. The van der Waals surface area contributed by atoms with Crippen LogP contribution in [0.3, 0.4) is 0 Å². The fourth-order valence-electron chi connectivity index (χ4n) is 1.43. The van der Waals surface area contributed by atoms with Gasteiger partial charge in [0, 0.05) is 30.1 Å². The average Bonchev–Trinajstić information content (AvgIpc) is 2.41. The maximum Gasteiger partial charge on any atom is 0.270 e. The highest BCUT2D eigenvalue weighted by molar-refractivity contribution is 14.1. The molecule has 0 aliphatic rings. The van der Waals surface area contributed by atoms with Crippen molar-refractivity contribution in [3.05, 3.63) is 62.0 Å². The Morgan fingerprint density at radius 1 is 1.37 bits per heavy atom. The topological polar surface area (TPSA) is 85.1 Å². The molecule has 2 aromatic rings. The number of nitrogens with zero attached hydrogens (tertiary/aromatic N) is 2. The predicted molar refractivity (Wildman–Crippen MR) is 78.0 cm³/mol. The minimum atomic E-state index is -0.535. The third-order valence-electron chi connectivity index (χ3n) is 2.34. The van der Waals surface area contributed by atoms with Crippen molar-refractivity contribution in [2.45, 2.75) is 0 Å². The van der Waals surface area contributed by atoms with Crippen LogP contribution in [0.1, 0.15) is 10.4 Å². The molecule has 19 heavy (non-hydrogen) atoms. The van der Waals surface area contributed by atoms with Crippen LogP contribution < -0.4 is 5.32 Å². The van der Waals surface area contributed by atoms with Gasteiger partial charge in [0.05, 0.1) is 14.2 Å². The molecule has 0 saturated heterocycles. The fraction of sp³-hybridized carbons (Fsp3) is 0. The number of nitro groups is 1. The molecule has 1 aromatic carbocycles. The summed E-state index contributed by atoms with van der Waals surface area (Å²) in [6.45, 7) is 0. The van der Waals surface area contributed by atoms with E-state index < -0.39 is 10.8 Å². The molecule has 6 nitrogen and oxygen atoms in total. The van der Waals surface area contributed by atoms with Crippen molar-refractivity contribution in [1.82, 2.24) is 4.98 Å². The molecule has 1 aromatic heterocycles. The Morgan fingerprint density at radius 3 is 2.84 bits per heavy atom. The van der Waals surface area contributed by atoms with Crippen LogP contribution in [0.25, 0.3) is 0 Å². The first-order valence-electron chi connectivity index (χ1n) is 5.23. The molecule has 0 radical (unpaired) electrons. The van der Waals surface area contributed by atoms with Crippen LogP contribution in [0.4, 0.5) is 11.4 Å². The van der Waals surface area contributed by atoms with Gasteiger partial charge in [-0.05, 0) is 34.7 Å². The standard InChI is InChI=1S/C12H8IN3O3/c13-10-7-14-5-4-11(10)15-12(17)8-2-1-3-9(6-8)16(18)19/h1-7H,(H,14,15,17). The number of halogens is 1. The Morgan fingerprint density at radius 2 is 2.16 bits per heavy atom. The lowest BCUT2D eigenvalue weighted by Gasteiger charge is -2.06. The second-order valence-electron chi connectivity index (χ2n) is 3.62. The van der Waals surface area contributed by atoms with E-state index in [-0.39, 0.29) is 11.3 Å². The van der Waals surface area contributed by atoms with E-state index in [4.69, 9.17) is 0 Å². The van der Waals surface area contributed by atoms with Gasteiger partial charge in [0.2, 0.25) is 0 Å². The molecule has 0 saturated carbocycles. The zero-order valence-corrected chi connectivity index (χ0v) is 11.7. The number of nitrogens with one attached hydrogen (secondary N) is 1. The Bertz CT molecular complexity index is 646. The van der Waals surface area contributed by atoms with Gasteiger partial charge < -0.3 is 5.32 Å². The van der Waals surface area contributed by atoms with Crippen LogP contribution in [0.2, 0.25) is 0 Å². The van der Waals surface area contributed by atoms with Crippen molar-refractivity contribution >= 4 is 39.9 Å². The summed E-state index contributed by atoms with van der Waals surface area (Å²) in [5, 5.41) is 13.3. The largest absolute Gasteiger partial charge is 0.321 e. The van der Waals surface area contributed by atoms with Crippen LogP contribution in [0, 0.1) is 13.7 Å². The first-order chi connectivity index (χ1) is 9.08. The quantitative estimate of drug-likeness (QED) is 0.512. The van der Waals surface area contributed by atoms with Gasteiger partial charge in [-0.3, -0.25) is 19.9 Å². The number of hydrogen-bond acceptors (Lipinski definition) is 4. The second kappa shape index (κ2) is 5.74. The number of benzene rings is 1. The molecule has 0 fully saturated rings. The van der Waals surface area contributed by atoms with Crippen LogP contribution in [0.15, 0.2) is 42.7 Å². The number of amides is 1. The first kappa shape index (κ1) is 13.4. The number of aromatic nitrogens is 1. The van der Waals surface area contributed by atoms with E-state index in [1.165, 1.54) is 24.3 Å². The highest BCUT2D eigenvalue weighted by Gasteiger charge is 2.12. The number of carbonyl (C=O) groups excluding carboxylic acids is 1. The zero-order valence-electron chi connectivity index (χ0n) is 9.54. The highest BCUT2D eigenvalue weighted by atomic mass is 127. The predicted octanol–water partition coefficient (Wildman–Crippen LogP) is 2.85. The molecule has 0 aliphatic carbocycles. The Kier molecular flexibility index (Phi) is 4.05. The van der Waals surface area contributed by atoms with E-state index in [0.717, 1.165) is 3.57 Å². The van der Waals surface area contributed by atoms with Crippen molar-refractivity contribution < 1.29 is 9.72 Å². The van der Waals surface area contributed by atoms with Crippen LogP contribution in [-0.2, 0) is 0 Å². The first-order valence-corrected chi connectivity index (χ1v) is 6.31. The van der Waals surface area contributed by atoms with E-state index in [1.807, 2.05) is 22.6 Å². The van der Waals surface area contributed by atoms with Crippen molar-refractivity contribution in [1.29, 1.82) is 0 Å². The van der Waals surface area contributed by atoms with Crippen molar-refractivity contribution in [3.8, 4) is 0 Å². The molecular formula is C12H8IN3O3. The molecule has 96 valence electrons.